The Bertz CT molecular complexity index is 1110. The monoisotopic (exact) mass is 426 g/mol. The quantitative estimate of drug-likeness (QED) is 0.434. The number of aryl methyl sites for hydroxylation is 1. The summed E-state index contributed by atoms with van der Waals surface area (Å²) in [6, 6.07) is 12.5. The summed E-state index contributed by atoms with van der Waals surface area (Å²) in [6.45, 7) is 9.05. The van der Waals surface area contributed by atoms with Crippen LogP contribution in [0.25, 0.3) is 16.7 Å². The summed E-state index contributed by atoms with van der Waals surface area (Å²) in [6.07, 6.45) is 1.80. The highest BCUT2D eigenvalue weighted by atomic mass is 35.5. The highest BCUT2D eigenvalue weighted by Gasteiger charge is 2.10. The van der Waals surface area contributed by atoms with Gasteiger partial charge in [0, 0.05) is 35.5 Å². The van der Waals surface area contributed by atoms with Gasteiger partial charge in [-0.25, -0.2) is 4.98 Å². The number of nitrogens with one attached hydrogen (secondary N) is 1. The van der Waals surface area contributed by atoms with E-state index in [1.54, 1.807) is 11.0 Å². The number of halogens is 1. The maximum atomic E-state index is 5.91. The minimum Gasteiger partial charge on any atom is -0.380 e. The second-order valence-corrected chi connectivity index (χ2v) is 8.46. The maximum Gasteiger partial charge on any atom is 0.183 e. The fraction of sp³-hybridized carbons (Fsp3) is 0.286. The Morgan fingerprint density at radius 2 is 1.76 bits per heavy atom. The fourth-order valence-electron chi connectivity index (χ4n) is 3.31. The van der Waals surface area contributed by atoms with E-state index in [4.69, 9.17) is 11.6 Å². The van der Waals surface area contributed by atoms with Crippen molar-refractivity contribution in [3.05, 3.63) is 57.5 Å². The van der Waals surface area contributed by atoms with Gasteiger partial charge in [0.25, 0.3) is 0 Å². The zero-order valence-electron chi connectivity index (χ0n) is 16.7. The van der Waals surface area contributed by atoms with E-state index in [1.807, 2.05) is 6.07 Å². The lowest BCUT2D eigenvalue weighted by Gasteiger charge is -2.20. The Kier molecular flexibility index (Phi) is 5.69. The van der Waals surface area contributed by atoms with E-state index < -0.39 is 0 Å². The Morgan fingerprint density at radius 1 is 1.07 bits per heavy atom. The Hall–Kier alpha value is -2.64. The number of aromatic nitrogens is 4. The van der Waals surface area contributed by atoms with Crippen LogP contribution in [-0.2, 0) is 6.54 Å². The molecule has 150 valence electrons. The van der Waals surface area contributed by atoms with E-state index in [0.29, 0.717) is 11.0 Å². The van der Waals surface area contributed by atoms with Crippen LogP contribution >= 0.6 is 22.9 Å². The first-order chi connectivity index (χ1) is 14.1. The number of anilines is 2. The van der Waals surface area contributed by atoms with Gasteiger partial charge in [0.05, 0.1) is 12.2 Å². The highest BCUT2D eigenvalue weighted by molar-refractivity contribution is 7.15. The van der Waals surface area contributed by atoms with Crippen LogP contribution in [0.15, 0.2) is 42.6 Å². The van der Waals surface area contributed by atoms with Crippen molar-refractivity contribution in [2.75, 3.05) is 23.3 Å². The predicted octanol–water partition coefficient (Wildman–Crippen LogP) is 5.30. The van der Waals surface area contributed by atoms with E-state index in [-0.39, 0.29) is 0 Å². The molecule has 2 aromatic heterocycles. The summed E-state index contributed by atoms with van der Waals surface area (Å²) in [5, 5.41) is 12.8. The van der Waals surface area contributed by atoms with E-state index in [2.05, 4.69) is 76.5 Å². The lowest BCUT2D eigenvalue weighted by atomic mass is 10.1. The lowest BCUT2D eigenvalue weighted by molar-refractivity contribution is 0.765. The summed E-state index contributed by atoms with van der Waals surface area (Å²) < 4.78 is 0.559. The Morgan fingerprint density at radius 3 is 2.38 bits per heavy atom. The Balaban J connectivity index is 1.57. The van der Waals surface area contributed by atoms with Crippen molar-refractivity contribution in [1.29, 1.82) is 0 Å². The van der Waals surface area contributed by atoms with Crippen molar-refractivity contribution in [2.45, 2.75) is 27.3 Å². The molecule has 0 unspecified atom stereocenters. The molecule has 0 radical (unpaired) electrons. The van der Waals surface area contributed by atoms with Gasteiger partial charge in [-0.2, -0.15) is 4.80 Å². The van der Waals surface area contributed by atoms with Crippen molar-refractivity contribution in [2.24, 2.45) is 0 Å². The first kappa shape index (κ1) is 19.7. The predicted molar refractivity (Wildman–Crippen MR) is 122 cm³/mol. The van der Waals surface area contributed by atoms with Crippen molar-refractivity contribution < 1.29 is 0 Å². The first-order valence-electron chi connectivity index (χ1n) is 9.64. The second kappa shape index (κ2) is 8.39. The third kappa shape index (κ3) is 4.21. The van der Waals surface area contributed by atoms with Crippen LogP contribution in [0, 0.1) is 6.92 Å². The molecule has 0 atom stereocenters. The first-order valence-corrected chi connectivity index (χ1v) is 10.8. The van der Waals surface area contributed by atoms with Crippen LogP contribution in [0.3, 0.4) is 0 Å². The van der Waals surface area contributed by atoms with Crippen LogP contribution < -0.4 is 10.2 Å². The smallest absolute Gasteiger partial charge is 0.183 e. The van der Waals surface area contributed by atoms with Crippen molar-refractivity contribution in [1.82, 2.24) is 20.0 Å². The topological polar surface area (TPSA) is 58.9 Å². The van der Waals surface area contributed by atoms with Crippen molar-refractivity contribution in [3.63, 3.8) is 0 Å². The molecule has 0 amide bonds. The molecule has 8 heteroatoms. The van der Waals surface area contributed by atoms with Crippen LogP contribution in [0.5, 0.6) is 0 Å². The second-order valence-electron chi connectivity index (χ2n) is 6.77. The molecule has 2 aromatic carbocycles. The molecule has 0 aliphatic rings. The molecule has 0 saturated carbocycles. The minimum absolute atomic E-state index is 0.559. The minimum atomic E-state index is 0.559. The molecule has 0 saturated heterocycles. The van der Waals surface area contributed by atoms with Gasteiger partial charge in [-0.1, -0.05) is 11.6 Å². The summed E-state index contributed by atoms with van der Waals surface area (Å²) in [5.74, 6) is 0. The summed E-state index contributed by atoms with van der Waals surface area (Å²) in [7, 11) is 0. The average Bonchev–Trinajstić information content (AvgIpc) is 3.33. The molecule has 0 bridgehead atoms. The summed E-state index contributed by atoms with van der Waals surface area (Å²) in [5.41, 5.74) is 6.04. The van der Waals surface area contributed by atoms with Crippen LogP contribution in [0.1, 0.15) is 24.3 Å². The van der Waals surface area contributed by atoms with Gasteiger partial charge in [0.1, 0.15) is 11.0 Å². The van der Waals surface area contributed by atoms with Gasteiger partial charge in [-0.15, -0.1) is 21.5 Å². The SMILES string of the molecule is CCN(CC)c1ccc(-n2nc3cc(C)c(NCc4cnc(Cl)s4)cc3n2)cc1. The van der Waals surface area contributed by atoms with Crippen LogP contribution in [0.4, 0.5) is 11.4 Å². The van der Waals surface area contributed by atoms with E-state index in [9.17, 15) is 0 Å². The average molecular weight is 427 g/mol. The summed E-state index contributed by atoms with van der Waals surface area (Å²) >= 11 is 7.39. The Labute approximate surface area is 179 Å². The zero-order chi connectivity index (χ0) is 20.4. The number of benzene rings is 2. The van der Waals surface area contributed by atoms with Gasteiger partial charge in [-0.3, -0.25) is 0 Å². The van der Waals surface area contributed by atoms with Gasteiger partial charge < -0.3 is 10.2 Å². The van der Waals surface area contributed by atoms with Crippen LogP contribution in [0.2, 0.25) is 4.47 Å². The number of rotatable bonds is 7. The number of hydrogen-bond acceptors (Lipinski definition) is 6. The number of fused-ring (bicyclic) bond motifs is 1. The maximum absolute atomic E-state index is 5.91. The molecular weight excluding hydrogens is 404 g/mol. The number of thiazole rings is 1. The van der Waals surface area contributed by atoms with Crippen molar-refractivity contribution >= 4 is 45.3 Å². The van der Waals surface area contributed by atoms with Crippen molar-refractivity contribution in [3.8, 4) is 5.69 Å². The molecule has 29 heavy (non-hydrogen) atoms. The highest BCUT2D eigenvalue weighted by Crippen LogP contribution is 2.25. The molecule has 0 fully saturated rings. The van der Waals surface area contributed by atoms with Crippen LogP contribution in [-0.4, -0.2) is 33.1 Å². The molecule has 6 nitrogen and oxygen atoms in total. The third-order valence-electron chi connectivity index (χ3n) is 4.91. The molecule has 0 aliphatic heterocycles. The number of hydrogen-bond donors (Lipinski definition) is 1. The molecule has 4 rings (SSSR count). The zero-order valence-corrected chi connectivity index (χ0v) is 18.3. The van der Waals surface area contributed by atoms with E-state index in [0.717, 1.165) is 45.9 Å². The molecule has 0 spiro atoms. The van der Waals surface area contributed by atoms with E-state index >= 15 is 0 Å². The van der Waals surface area contributed by atoms with Gasteiger partial charge in [0.2, 0.25) is 0 Å². The standard InChI is InChI=1S/C21H23ClN6S/c1-4-27(5-2)15-6-8-16(9-7-15)28-25-19-10-14(3)18(11-20(19)26-28)23-12-17-13-24-21(22)29-17/h6-11,13,23H,4-5,12H2,1-3H3. The largest absolute Gasteiger partial charge is 0.380 e. The fourth-order valence-corrected chi connectivity index (χ4v) is 4.22. The normalized spacial score (nSPS) is 11.2. The van der Waals surface area contributed by atoms with Gasteiger partial charge in [0.15, 0.2) is 4.47 Å². The van der Waals surface area contributed by atoms with E-state index in [1.165, 1.54) is 17.0 Å². The van der Waals surface area contributed by atoms with Gasteiger partial charge in [-0.05, 0) is 62.7 Å². The molecule has 2 heterocycles. The molecular formula is C21H23ClN6S. The summed E-state index contributed by atoms with van der Waals surface area (Å²) in [4.78, 5) is 9.18. The molecule has 4 aromatic rings. The molecule has 1 N–H and O–H groups in total. The third-order valence-corrected chi connectivity index (χ3v) is 6.03. The number of nitrogens with zero attached hydrogens (tertiary/aromatic N) is 5. The molecule has 0 aliphatic carbocycles. The lowest BCUT2D eigenvalue weighted by Crippen LogP contribution is -2.21. The van der Waals surface area contributed by atoms with Gasteiger partial charge >= 0.3 is 0 Å².